The van der Waals surface area contributed by atoms with E-state index in [0.29, 0.717) is 17.0 Å². The molecule has 0 aromatic heterocycles. The van der Waals surface area contributed by atoms with Gasteiger partial charge in [0, 0.05) is 0 Å². The van der Waals surface area contributed by atoms with Gasteiger partial charge < -0.3 is 14.6 Å². The van der Waals surface area contributed by atoms with Crippen LogP contribution in [0.3, 0.4) is 0 Å². The van der Waals surface area contributed by atoms with Crippen molar-refractivity contribution in [2.24, 2.45) is 0 Å². The fourth-order valence-corrected chi connectivity index (χ4v) is 2.83. The van der Waals surface area contributed by atoms with E-state index in [9.17, 15) is 9.90 Å². The molecule has 1 N–H and O–H groups in total. The van der Waals surface area contributed by atoms with Gasteiger partial charge in [0.15, 0.2) is 5.69 Å². The summed E-state index contributed by atoms with van der Waals surface area (Å²) in [4.78, 5) is 15.5. The average molecular weight is 373 g/mol. The lowest BCUT2D eigenvalue weighted by Gasteiger charge is -2.11. The number of rotatable bonds is 6. The summed E-state index contributed by atoms with van der Waals surface area (Å²) in [5, 5.41) is 9.25. The maximum Gasteiger partial charge on any atom is 0.337 e. The lowest BCUT2D eigenvalue weighted by Crippen LogP contribution is -2.04. The summed E-state index contributed by atoms with van der Waals surface area (Å²) in [7, 11) is 1.34. The minimum Gasteiger partial charge on any atom is -0.489 e. The van der Waals surface area contributed by atoms with Gasteiger partial charge in [-0.2, -0.15) is 0 Å². The van der Waals surface area contributed by atoms with Gasteiger partial charge in [0.1, 0.15) is 12.4 Å². The third-order valence-corrected chi connectivity index (χ3v) is 4.21. The number of methoxy groups -OCH3 is 1. The molecule has 0 saturated heterocycles. The van der Waals surface area contributed by atoms with Crippen LogP contribution in [0.1, 0.15) is 21.5 Å². The Hall–Kier alpha value is -3.62. The van der Waals surface area contributed by atoms with Crippen molar-refractivity contribution in [3.63, 3.8) is 0 Å². The molecule has 0 spiro atoms. The second-order valence-corrected chi connectivity index (χ2v) is 6.17. The van der Waals surface area contributed by atoms with E-state index in [1.807, 2.05) is 36.4 Å². The summed E-state index contributed by atoms with van der Waals surface area (Å²) in [6.07, 6.45) is 0. The predicted octanol–water partition coefficient (Wildman–Crippen LogP) is 4.76. The molecule has 5 heteroatoms. The summed E-state index contributed by atoms with van der Waals surface area (Å²) in [5.74, 6) is 0.193. The van der Waals surface area contributed by atoms with Crippen molar-refractivity contribution in [1.29, 1.82) is 0 Å². The van der Waals surface area contributed by atoms with E-state index in [1.54, 1.807) is 30.3 Å². The fraction of sp³-hybridized carbons (Fsp3) is 0.130. The molecule has 0 fully saturated rings. The molecule has 3 rings (SSSR count). The van der Waals surface area contributed by atoms with E-state index < -0.39 is 5.97 Å². The van der Waals surface area contributed by atoms with Gasteiger partial charge in [-0.1, -0.05) is 30.3 Å². The molecule has 3 aromatic carbocycles. The molecule has 5 nitrogen and oxygen atoms in total. The van der Waals surface area contributed by atoms with Crippen molar-refractivity contribution in [3.05, 3.63) is 94.8 Å². The largest absolute Gasteiger partial charge is 0.489 e. The van der Waals surface area contributed by atoms with Crippen LogP contribution in [0, 0.1) is 6.57 Å². The summed E-state index contributed by atoms with van der Waals surface area (Å²) in [5.41, 5.74) is 4.13. The molecule has 3 aromatic rings. The number of benzene rings is 3. The Bertz CT molecular complexity index is 1040. The minimum absolute atomic E-state index is 0.0590. The Morgan fingerprint density at radius 1 is 1.00 bits per heavy atom. The smallest absolute Gasteiger partial charge is 0.337 e. The summed E-state index contributed by atoms with van der Waals surface area (Å²) in [6, 6.07) is 19.8. The molecular weight excluding hydrogens is 354 g/mol. The van der Waals surface area contributed by atoms with Gasteiger partial charge in [0.05, 0.1) is 25.9 Å². The molecule has 0 aliphatic rings. The topological polar surface area (TPSA) is 60.1 Å². The first-order valence-corrected chi connectivity index (χ1v) is 8.65. The molecule has 0 atom stereocenters. The van der Waals surface area contributed by atoms with Gasteiger partial charge in [0.25, 0.3) is 0 Å². The van der Waals surface area contributed by atoms with E-state index >= 15 is 0 Å². The first kappa shape index (κ1) is 19.2. The molecule has 0 amide bonds. The van der Waals surface area contributed by atoms with E-state index in [2.05, 4.69) is 4.85 Å². The van der Waals surface area contributed by atoms with Crippen molar-refractivity contribution in [1.82, 2.24) is 0 Å². The van der Waals surface area contributed by atoms with E-state index in [1.165, 1.54) is 7.11 Å². The molecule has 0 aliphatic heterocycles. The van der Waals surface area contributed by atoms with Crippen molar-refractivity contribution < 1.29 is 19.4 Å². The molecule has 0 bridgehead atoms. The fourth-order valence-electron chi connectivity index (χ4n) is 2.83. The third kappa shape index (κ3) is 4.56. The van der Waals surface area contributed by atoms with Crippen LogP contribution in [0.2, 0.25) is 0 Å². The second kappa shape index (κ2) is 8.85. The zero-order valence-corrected chi connectivity index (χ0v) is 15.4. The lowest BCUT2D eigenvalue weighted by atomic mass is 9.99. The third-order valence-electron chi connectivity index (χ3n) is 4.21. The van der Waals surface area contributed by atoms with E-state index in [-0.39, 0.29) is 13.2 Å². The van der Waals surface area contributed by atoms with Crippen molar-refractivity contribution >= 4 is 11.7 Å². The Labute approximate surface area is 163 Å². The Kier molecular flexibility index (Phi) is 6.05. The van der Waals surface area contributed by atoms with Gasteiger partial charge >= 0.3 is 5.97 Å². The second-order valence-electron chi connectivity index (χ2n) is 6.17. The van der Waals surface area contributed by atoms with Crippen LogP contribution in [0.15, 0.2) is 66.7 Å². The van der Waals surface area contributed by atoms with Crippen LogP contribution in [0.5, 0.6) is 5.75 Å². The summed E-state index contributed by atoms with van der Waals surface area (Å²) < 4.78 is 10.7. The minimum atomic E-state index is -0.438. The standard InChI is InChI=1S/C23H19NO4/c1-24-21-7-4-6-18(13-21)19-9-17(10-20(12-19)23(26)27-2)15-28-22-8-3-5-16(11-22)14-25/h3-13,25H,14-15H2,2H3. The van der Waals surface area contributed by atoms with Crippen LogP contribution < -0.4 is 4.74 Å². The number of hydrogen-bond donors (Lipinski definition) is 1. The van der Waals surface area contributed by atoms with Gasteiger partial charge in [-0.15, -0.1) is 0 Å². The van der Waals surface area contributed by atoms with E-state index in [0.717, 1.165) is 22.3 Å². The number of aliphatic hydroxyl groups is 1. The SMILES string of the molecule is [C-]#[N+]c1cccc(-c2cc(COc3cccc(CO)c3)cc(C(=O)OC)c2)c1. The van der Waals surface area contributed by atoms with Gasteiger partial charge in [0.2, 0.25) is 0 Å². The van der Waals surface area contributed by atoms with Crippen LogP contribution in [0.25, 0.3) is 16.0 Å². The van der Waals surface area contributed by atoms with Crippen molar-refractivity contribution in [2.45, 2.75) is 13.2 Å². The van der Waals surface area contributed by atoms with Crippen LogP contribution in [0.4, 0.5) is 5.69 Å². The zero-order chi connectivity index (χ0) is 19.9. The molecule has 0 saturated carbocycles. The van der Waals surface area contributed by atoms with Gasteiger partial charge in [-0.05, 0) is 58.7 Å². The Morgan fingerprint density at radius 3 is 2.57 bits per heavy atom. The highest BCUT2D eigenvalue weighted by Gasteiger charge is 2.11. The maximum absolute atomic E-state index is 12.1. The highest BCUT2D eigenvalue weighted by molar-refractivity contribution is 5.91. The normalized spacial score (nSPS) is 10.2. The average Bonchev–Trinajstić information content (AvgIpc) is 2.77. The first-order valence-electron chi connectivity index (χ1n) is 8.65. The van der Waals surface area contributed by atoms with Gasteiger partial charge in [-0.3, -0.25) is 0 Å². The lowest BCUT2D eigenvalue weighted by molar-refractivity contribution is 0.0600. The van der Waals surface area contributed by atoms with Crippen LogP contribution >= 0.6 is 0 Å². The molecule has 0 heterocycles. The summed E-state index contributed by atoms with van der Waals surface area (Å²) >= 11 is 0. The quantitative estimate of drug-likeness (QED) is 0.500. The summed E-state index contributed by atoms with van der Waals surface area (Å²) in [6.45, 7) is 7.38. The van der Waals surface area contributed by atoms with E-state index in [4.69, 9.17) is 16.0 Å². The van der Waals surface area contributed by atoms with Crippen molar-refractivity contribution in [2.75, 3.05) is 7.11 Å². The molecule has 28 heavy (non-hydrogen) atoms. The molecular formula is C23H19NO4. The predicted molar refractivity (Wildman–Crippen MR) is 106 cm³/mol. The molecule has 0 radical (unpaired) electrons. The first-order chi connectivity index (χ1) is 13.6. The Balaban J connectivity index is 1.93. The Morgan fingerprint density at radius 2 is 1.82 bits per heavy atom. The number of esters is 1. The molecule has 140 valence electrons. The highest BCUT2D eigenvalue weighted by atomic mass is 16.5. The van der Waals surface area contributed by atoms with Crippen molar-refractivity contribution in [3.8, 4) is 16.9 Å². The maximum atomic E-state index is 12.1. The number of aliphatic hydroxyl groups excluding tert-OH is 1. The number of hydrogen-bond acceptors (Lipinski definition) is 4. The number of nitrogens with zero attached hydrogens (tertiary/aromatic N) is 1. The van der Waals surface area contributed by atoms with Crippen LogP contribution in [-0.2, 0) is 18.0 Å². The van der Waals surface area contributed by atoms with Crippen LogP contribution in [-0.4, -0.2) is 18.2 Å². The molecule has 0 aliphatic carbocycles. The monoisotopic (exact) mass is 373 g/mol. The van der Waals surface area contributed by atoms with Gasteiger partial charge in [-0.25, -0.2) is 9.64 Å². The number of carbonyl (C=O) groups excluding carboxylic acids is 1. The molecule has 0 unspecified atom stereocenters. The number of carbonyl (C=O) groups is 1. The zero-order valence-electron chi connectivity index (χ0n) is 15.4. The number of ether oxygens (including phenoxy) is 2. The highest BCUT2D eigenvalue weighted by Crippen LogP contribution is 2.27.